The maximum atomic E-state index is 12.5. The monoisotopic (exact) mass is 398 g/mol. The van der Waals surface area contributed by atoms with Crippen LogP contribution in [0.15, 0.2) is 42.5 Å². The van der Waals surface area contributed by atoms with Crippen molar-refractivity contribution in [3.63, 3.8) is 0 Å². The lowest BCUT2D eigenvalue weighted by molar-refractivity contribution is 0.0487. The summed E-state index contributed by atoms with van der Waals surface area (Å²) in [5.41, 5.74) is -1.57. The number of ketones is 2. The molecule has 0 aromatic heterocycles. The smallest absolute Gasteiger partial charge is 0.193 e. The Morgan fingerprint density at radius 1 is 0.724 bits per heavy atom. The van der Waals surface area contributed by atoms with Gasteiger partial charge in [-0.25, -0.2) is 0 Å². The number of benzene rings is 2. The van der Waals surface area contributed by atoms with Crippen molar-refractivity contribution in [2.45, 2.75) is 65.1 Å². The van der Waals surface area contributed by atoms with Gasteiger partial charge in [0.15, 0.2) is 11.6 Å². The highest BCUT2D eigenvalue weighted by Gasteiger charge is 2.28. The van der Waals surface area contributed by atoms with E-state index in [-0.39, 0.29) is 17.0 Å². The van der Waals surface area contributed by atoms with Crippen LogP contribution in [0.2, 0.25) is 0 Å². The Bertz CT molecular complexity index is 904. The second-order valence-electron chi connectivity index (χ2n) is 9.36. The zero-order chi connectivity index (χ0) is 22.2. The van der Waals surface area contributed by atoms with Crippen LogP contribution in [0.1, 0.15) is 74.7 Å². The van der Waals surface area contributed by atoms with Crippen LogP contribution in [0, 0.1) is 0 Å². The Balaban J connectivity index is 2.38. The molecule has 2 aromatic carbocycles. The van der Waals surface area contributed by atoms with E-state index in [1.807, 2.05) is 20.8 Å². The van der Waals surface area contributed by atoms with Gasteiger partial charge in [-0.2, -0.15) is 0 Å². The first-order chi connectivity index (χ1) is 13.1. The molecule has 0 aliphatic rings. The molecule has 0 saturated heterocycles. The topological polar surface area (TPSA) is 83.8 Å². The molecule has 0 heterocycles. The first kappa shape index (κ1) is 22.8. The fourth-order valence-electron chi connectivity index (χ4n) is 2.85. The molecule has 0 bridgehead atoms. The van der Waals surface area contributed by atoms with Gasteiger partial charge in [0.25, 0.3) is 0 Å². The van der Waals surface area contributed by atoms with Crippen LogP contribution < -0.4 is 4.74 Å². The zero-order valence-electron chi connectivity index (χ0n) is 18.2. The summed E-state index contributed by atoms with van der Waals surface area (Å²) < 4.78 is 6.03. The molecule has 156 valence electrons. The van der Waals surface area contributed by atoms with E-state index in [0.29, 0.717) is 22.6 Å². The van der Waals surface area contributed by atoms with Gasteiger partial charge in [-0.1, -0.05) is 20.8 Å². The summed E-state index contributed by atoms with van der Waals surface area (Å²) in [5, 5.41) is 19.9. The van der Waals surface area contributed by atoms with Crippen LogP contribution in [-0.2, 0) is 5.41 Å². The molecule has 0 radical (unpaired) electrons. The van der Waals surface area contributed by atoms with E-state index in [1.54, 1.807) is 42.5 Å². The van der Waals surface area contributed by atoms with Crippen LogP contribution >= 0.6 is 0 Å². The van der Waals surface area contributed by atoms with Gasteiger partial charge in [0.1, 0.15) is 22.7 Å². The number of hydrogen-bond acceptors (Lipinski definition) is 5. The third kappa shape index (κ3) is 5.52. The Hall–Kier alpha value is -2.50. The van der Waals surface area contributed by atoms with Crippen LogP contribution in [0.25, 0.3) is 0 Å². The molecule has 0 amide bonds. The molecule has 0 aliphatic heterocycles. The average molecular weight is 398 g/mol. The molecule has 0 spiro atoms. The highest BCUT2D eigenvalue weighted by molar-refractivity contribution is 6.02. The van der Waals surface area contributed by atoms with Crippen molar-refractivity contribution >= 4 is 11.6 Å². The summed E-state index contributed by atoms with van der Waals surface area (Å²) in [6.45, 7) is 11.9. The van der Waals surface area contributed by atoms with Crippen LogP contribution in [0.3, 0.4) is 0 Å². The van der Waals surface area contributed by atoms with Gasteiger partial charge >= 0.3 is 0 Å². The zero-order valence-corrected chi connectivity index (χ0v) is 18.2. The normalized spacial score (nSPS) is 12.6. The molecule has 5 nitrogen and oxygen atoms in total. The van der Waals surface area contributed by atoms with Gasteiger partial charge in [-0.3, -0.25) is 9.59 Å². The van der Waals surface area contributed by atoms with Gasteiger partial charge in [0, 0.05) is 16.7 Å². The molecule has 5 heteroatoms. The lowest BCUT2D eigenvalue weighted by atomic mass is 9.84. The summed E-state index contributed by atoms with van der Waals surface area (Å²) in [5.74, 6) is 0.397. The van der Waals surface area contributed by atoms with Gasteiger partial charge in [0.05, 0.1) is 0 Å². The summed E-state index contributed by atoms with van der Waals surface area (Å²) in [7, 11) is 0. The van der Waals surface area contributed by atoms with E-state index in [4.69, 9.17) is 4.74 Å². The minimum absolute atomic E-state index is 0.304. The van der Waals surface area contributed by atoms with Gasteiger partial charge in [-0.05, 0) is 75.6 Å². The van der Waals surface area contributed by atoms with Crippen LogP contribution in [-0.4, -0.2) is 33.0 Å². The summed E-state index contributed by atoms with van der Waals surface area (Å²) in [6.07, 6.45) is 0. The molecule has 0 saturated carbocycles. The van der Waals surface area contributed by atoms with Crippen molar-refractivity contribution in [1.82, 2.24) is 0 Å². The number of rotatable bonds is 6. The van der Waals surface area contributed by atoms with Gasteiger partial charge < -0.3 is 14.9 Å². The molecular formula is C24H30O5. The fraction of sp³-hybridized carbons (Fsp3) is 0.417. The first-order valence-corrected chi connectivity index (χ1v) is 9.57. The lowest BCUT2D eigenvalue weighted by Gasteiger charge is -2.25. The van der Waals surface area contributed by atoms with Crippen LogP contribution in [0.4, 0.5) is 0 Å². The molecule has 2 rings (SSSR count). The quantitative estimate of drug-likeness (QED) is 0.690. The van der Waals surface area contributed by atoms with Crippen molar-refractivity contribution in [2.24, 2.45) is 0 Å². The Morgan fingerprint density at radius 2 is 1.17 bits per heavy atom. The summed E-state index contributed by atoms with van der Waals surface area (Å²) in [6, 6.07) is 11.7. The second kappa shape index (κ2) is 7.73. The number of hydrogen-bond donors (Lipinski definition) is 2. The molecular weight excluding hydrogens is 368 g/mol. The highest BCUT2D eigenvalue weighted by atomic mass is 16.5. The van der Waals surface area contributed by atoms with Crippen molar-refractivity contribution in [3.05, 3.63) is 59.2 Å². The van der Waals surface area contributed by atoms with Crippen LogP contribution in [0.5, 0.6) is 11.5 Å². The fourth-order valence-corrected chi connectivity index (χ4v) is 2.85. The predicted octanol–water partition coefficient (Wildman–Crippen LogP) is 4.68. The van der Waals surface area contributed by atoms with E-state index in [9.17, 15) is 19.8 Å². The number of ether oxygens (including phenoxy) is 1. The second-order valence-corrected chi connectivity index (χ2v) is 9.36. The molecule has 29 heavy (non-hydrogen) atoms. The van der Waals surface area contributed by atoms with Gasteiger partial charge in [0.2, 0.25) is 0 Å². The number of aliphatic hydroxyl groups is 2. The molecule has 2 aromatic rings. The van der Waals surface area contributed by atoms with Crippen molar-refractivity contribution < 1.29 is 24.5 Å². The molecule has 2 N–H and O–H groups in total. The number of carbonyl (C=O) groups is 2. The third-order valence-corrected chi connectivity index (χ3v) is 4.51. The number of carbonyl (C=O) groups excluding carboxylic acids is 2. The predicted molar refractivity (Wildman–Crippen MR) is 113 cm³/mol. The summed E-state index contributed by atoms with van der Waals surface area (Å²) >= 11 is 0. The standard InChI is InChI=1S/C24H30O5/c1-22(2,3)18-14-16(21(26)24(6,7)28)10-13-19(18)29-17-11-8-15(9-12-17)20(25)23(4,5)27/h8-14,27-28H,1-7H3. The third-order valence-electron chi connectivity index (χ3n) is 4.51. The summed E-state index contributed by atoms with van der Waals surface area (Å²) in [4.78, 5) is 24.6. The Kier molecular flexibility index (Phi) is 6.07. The minimum atomic E-state index is -1.46. The molecule has 0 aliphatic carbocycles. The van der Waals surface area contributed by atoms with Gasteiger partial charge in [-0.15, -0.1) is 0 Å². The molecule has 0 atom stereocenters. The lowest BCUT2D eigenvalue weighted by Crippen LogP contribution is -2.31. The van der Waals surface area contributed by atoms with E-state index in [2.05, 4.69) is 0 Å². The van der Waals surface area contributed by atoms with E-state index < -0.39 is 11.2 Å². The van der Waals surface area contributed by atoms with Crippen molar-refractivity contribution in [3.8, 4) is 11.5 Å². The molecule has 0 unspecified atom stereocenters. The maximum Gasteiger partial charge on any atom is 0.193 e. The maximum absolute atomic E-state index is 12.5. The van der Waals surface area contributed by atoms with Crippen molar-refractivity contribution in [2.75, 3.05) is 0 Å². The molecule has 0 fully saturated rings. The first-order valence-electron chi connectivity index (χ1n) is 9.57. The minimum Gasteiger partial charge on any atom is -0.457 e. The number of Topliss-reactive ketones (excluding diaryl/α,β-unsaturated/α-hetero) is 2. The largest absolute Gasteiger partial charge is 0.457 e. The average Bonchev–Trinajstić information content (AvgIpc) is 2.59. The van der Waals surface area contributed by atoms with E-state index in [1.165, 1.54) is 27.7 Å². The van der Waals surface area contributed by atoms with Crippen molar-refractivity contribution in [1.29, 1.82) is 0 Å². The highest BCUT2D eigenvalue weighted by Crippen LogP contribution is 2.35. The van der Waals surface area contributed by atoms with E-state index >= 15 is 0 Å². The Morgan fingerprint density at radius 3 is 1.62 bits per heavy atom. The van der Waals surface area contributed by atoms with E-state index in [0.717, 1.165) is 5.56 Å². The SMILES string of the molecule is CC(C)(O)C(=O)c1ccc(Oc2ccc(C(=O)C(C)(C)O)cc2C(C)(C)C)cc1. The Labute approximate surface area is 172 Å².